The van der Waals surface area contributed by atoms with Crippen LogP contribution in [-0.4, -0.2) is 36.8 Å². The maximum Gasteiger partial charge on any atom is 0.277 e. The number of ether oxygens (including phenoxy) is 3. The predicted octanol–water partition coefficient (Wildman–Crippen LogP) is 7.09. The molecule has 0 atom stereocenters. The molecule has 0 saturated carbocycles. The fourth-order valence-electron chi connectivity index (χ4n) is 3.40. The van der Waals surface area contributed by atoms with Crippen molar-refractivity contribution in [3.63, 3.8) is 0 Å². The maximum atomic E-state index is 12.2. The van der Waals surface area contributed by atoms with Crippen LogP contribution in [0.3, 0.4) is 0 Å². The lowest BCUT2D eigenvalue weighted by Gasteiger charge is -2.14. The van der Waals surface area contributed by atoms with Gasteiger partial charge in [-0.05, 0) is 70.4 Å². The van der Waals surface area contributed by atoms with Crippen LogP contribution >= 0.6 is 51.1 Å². The van der Waals surface area contributed by atoms with Gasteiger partial charge in [-0.3, -0.25) is 4.79 Å². The first kappa shape index (κ1) is 27.7. The van der Waals surface area contributed by atoms with Gasteiger partial charge in [0, 0.05) is 26.6 Å². The fourth-order valence-corrected chi connectivity index (χ4v) is 6.81. The number of hydrazone groups is 1. The number of amides is 1. The van der Waals surface area contributed by atoms with E-state index in [9.17, 15) is 4.79 Å². The second-order valence-electron chi connectivity index (χ2n) is 7.89. The minimum atomic E-state index is -0.355. The summed E-state index contributed by atoms with van der Waals surface area (Å²) < 4.78 is 18.6. The zero-order chi connectivity index (χ0) is 26.0. The van der Waals surface area contributed by atoms with Gasteiger partial charge in [0.05, 0.1) is 17.4 Å². The van der Waals surface area contributed by atoms with Gasteiger partial charge in [-0.25, -0.2) is 5.43 Å². The van der Waals surface area contributed by atoms with Gasteiger partial charge in [-0.15, -0.1) is 23.5 Å². The zero-order valence-electron chi connectivity index (χ0n) is 20.1. The SMILES string of the molecule is CCOc1cc(/C=N\NC(=O)COc2ccc(C3SCCS3)cc2)c(Br)cc1OCc1ccc(Cl)cc1. The van der Waals surface area contributed by atoms with Crippen LogP contribution in [0, 0.1) is 0 Å². The standard InChI is InChI=1S/C27H26BrClN2O4S2/c1-2-33-24-13-20(23(28)14-25(24)35-16-18-3-7-21(29)8-4-18)15-30-31-26(32)17-34-22-9-5-19(6-10-22)27-36-11-12-37-27/h3-10,13-15,27H,2,11-12,16-17H2,1H3,(H,31,32)/b30-15-. The minimum Gasteiger partial charge on any atom is -0.490 e. The van der Waals surface area contributed by atoms with E-state index in [1.165, 1.54) is 17.1 Å². The average Bonchev–Trinajstić information content (AvgIpc) is 3.45. The first-order valence-electron chi connectivity index (χ1n) is 11.6. The van der Waals surface area contributed by atoms with E-state index in [0.717, 1.165) is 15.6 Å². The van der Waals surface area contributed by atoms with Crippen LogP contribution in [0.2, 0.25) is 5.02 Å². The summed E-state index contributed by atoms with van der Waals surface area (Å²) in [4.78, 5) is 12.2. The number of rotatable bonds is 11. The highest BCUT2D eigenvalue weighted by molar-refractivity contribution is 9.10. The van der Waals surface area contributed by atoms with Gasteiger partial charge >= 0.3 is 0 Å². The molecule has 0 aliphatic carbocycles. The molecule has 10 heteroatoms. The van der Waals surface area contributed by atoms with Gasteiger partial charge in [-0.2, -0.15) is 5.10 Å². The Labute approximate surface area is 238 Å². The summed E-state index contributed by atoms with van der Waals surface area (Å²) in [6.45, 7) is 2.61. The Morgan fingerprint density at radius 3 is 2.46 bits per heavy atom. The van der Waals surface area contributed by atoms with Gasteiger partial charge in [0.2, 0.25) is 0 Å². The van der Waals surface area contributed by atoms with Crippen LogP contribution < -0.4 is 19.6 Å². The van der Waals surface area contributed by atoms with Gasteiger partial charge in [0.25, 0.3) is 5.91 Å². The number of hydrogen-bond donors (Lipinski definition) is 1. The summed E-state index contributed by atoms with van der Waals surface area (Å²) >= 11 is 13.4. The topological polar surface area (TPSA) is 69.2 Å². The third-order valence-corrected chi connectivity index (χ3v) is 9.25. The molecule has 1 N–H and O–H groups in total. The highest BCUT2D eigenvalue weighted by atomic mass is 79.9. The first-order chi connectivity index (χ1) is 18.0. The van der Waals surface area contributed by atoms with Crippen molar-refractivity contribution in [2.75, 3.05) is 24.7 Å². The lowest BCUT2D eigenvalue weighted by molar-refractivity contribution is -0.123. The quantitative estimate of drug-likeness (QED) is 0.182. The molecular formula is C27H26BrClN2O4S2. The highest BCUT2D eigenvalue weighted by Crippen LogP contribution is 2.45. The predicted molar refractivity (Wildman–Crippen MR) is 156 cm³/mol. The molecular weight excluding hydrogens is 596 g/mol. The molecule has 1 aliphatic heterocycles. The molecule has 0 unspecified atom stereocenters. The summed E-state index contributed by atoms with van der Waals surface area (Å²) in [6, 6.07) is 19.0. The van der Waals surface area contributed by atoms with E-state index in [2.05, 4.69) is 38.6 Å². The van der Waals surface area contributed by atoms with E-state index in [1.54, 1.807) is 12.3 Å². The Kier molecular flexibility index (Phi) is 10.5. The normalized spacial score (nSPS) is 13.6. The number of carbonyl (C=O) groups excluding carboxylic acids is 1. The number of halogens is 2. The molecule has 3 aromatic rings. The first-order valence-corrected chi connectivity index (χ1v) is 14.9. The molecule has 1 amide bonds. The Hall–Kier alpha value is -2.33. The second kappa shape index (κ2) is 14.0. The number of nitrogens with one attached hydrogen (secondary N) is 1. The van der Waals surface area contributed by atoms with E-state index in [4.69, 9.17) is 25.8 Å². The van der Waals surface area contributed by atoms with Crippen molar-refractivity contribution in [3.05, 3.63) is 86.8 Å². The fraction of sp³-hybridized carbons (Fsp3) is 0.259. The van der Waals surface area contributed by atoms with E-state index < -0.39 is 0 Å². The molecule has 1 aliphatic rings. The number of carbonyl (C=O) groups is 1. The van der Waals surface area contributed by atoms with Gasteiger partial charge in [0.1, 0.15) is 12.4 Å². The highest BCUT2D eigenvalue weighted by Gasteiger charge is 2.18. The van der Waals surface area contributed by atoms with Crippen LogP contribution in [-0.2, 0) is 11.4 Å². The van der Waals surface area contributed by atoms with Crippen LogP contribution in [0.5, 0.6) is 17.2 Å². The lowest BCUT2D eigenvalue weighted by Crippen LogP contribution is -2.24. The van der Waals surface area contributed by atoms with Crippen molar-refractivity contribution in [1.29, 1.82) is 0 Å². The number of nitrogens with zero attached hydrogens (tertiary/aromatic N) is 1. The van der Waals surface area contributed by atoms with Crippen molar-refractivity contribution in [2.45, 2.75) is 18.1 Å². The smallest absolute Gasteiger partial charge is 0.277 e. The number of benzene rings is 3. The molecule has 3 aromatic carbocycles. The molecule has 0 radical (unpaired) electrons. The largest absolute Gasteiger partial charge is 0.490 e. The van der Waals surface area contributed by atoms with E-state index in [1.807, 2.05) is 72.9 Å². The molecule has 0 aromatic heterocycles. The monoisotopic (exact) mass is 620 g/mol. The molecule has 1 heterocycles. The molecule has 0 spiro atoms. The summed E-state index contributed by atoms with van der Waals surface area (Å²) in [6.07, 6.45) is 1.54. The van der Waals surface area contributed by atoms with Crippen LogP contribution in [0.25, 0.3) is 0 Å². The number of thioether (sulfide) groups is 2. The number of hydrogen-bond acceptors (Lipinski definition) is 7. The van der Waals surface area contributed by atoms with Crippen molar-refractivity contribution in [1.82, 2.24) is 5.43 Å². The maximum absolute atomic E-state index is 12.2. The van der Waals surface area contributed by atoms with Crippen molar-refractivity contribution < 1.29 is 19.0 Å². The van der Waals surface area contributed by atoms with E-state index in [0.29, 0.717) is 40.1 Å². The summed E-state index contributed by atoms with van der Waals surface area (Å²) in [7, 11) is 0. The van der Waals surface area contributed by atoms with Crippen molar-refractivity contribution in [2.24, 2.45) is 5.10 Å². The summed E-state index contributed by atoms with van der Waals surface area (Å²) in [5.41, 5.74) is 5.48. The lowest BCUT2D eigenvalue weighted by atomic mass is 10.2. The van der Waals surface area contributed by atoms with Crippen LogP contribution in [0.15, 0.2) is 70.2 Å². The third kappa shape index (κ3) is 8.33. The van der Waals surface area contributed by atoms with Gasteiger partial charge in [0.15, 0.2) is 18.1 Å². The Balaban J connectivity index is 1.30. The second-order valence-corrected chi connectivity index (χ2v) is 11.9. The Morgan fingerprint density at radius 1 is 1.05 bits per heavy atom. The summed E-state index contributed by atoms with van der Waals surface area (Å²) in [5, 5.41) is 4.74. The summed E-state index contributed by atoms with van der Waals surface area (Å²) in [5.74, 6) is 3.82. The Morgan fingerprint density at radius 2 is 1.76 bits per heavy atom. The molecule has 1 saturated heterocycles. The van der Waals surface area contributed by atoms with Crippen molar-refractivity contribution >= 4 is 63.2 Å². The molecule has 194 valence electrons. The van der Waals surface area contributed by atoms with Gasteiger partial charge in [-0.1, -0.05) is 35.9 Å². The van der Waals surface area contributed by atoms with Crippen LogP contribution in [0.4, 0.5) is 0 Å². The zero-order valence-corrected chi connectivity index (χ0v) is 24.1. The van der Waals surface area contributed by atoms with E-state index in [-0.39, 0.29) is 12.5 Å². The van der Waals surface area contributed by atoms with Crippen LogP contribution in [0.1, 0.15) is 28.2 Å². The average molecular weight is 622 g/mol. The van der Waals surface area contributed by atoms with Crippen molar-refractivity contribution in [3.8, 4) is 17.2 Å². The van der Waals surface area contributed by atoms with Gasteiger partial charge < -0.3 is 14.2 Å². The Bertz CT molecular complexity index is 1220. The molecule has 4 rings (SSSR count). The third-order valence-electron chi connectivity index (χ3n) is 5.21. The molecule has 37 heavy (non-hydrogen) atoms. The molecule has 6 nitrogen and oxygen atoms in total. The van der Waals surface area contributed by atoms with E-state index >= 15 is 0 Å². The molecule has 0 bridgehead atoms. The minimum absolute atomic E-state index is 0.132. The molecule has 1 fully saturated rings.